The maximum Gasteiger partial charge on any atom is 0.188 e. The molecule has 0 amide bonds. The Balaban J connectivity index is 1.90. The monoisotopic (exact) mass is 401 g/mol. The molecule has 0 atom stereocenters. The molecule has 4 rings (SSSR count). The lowest BCUT2D eigenvalue weighted by molar-refractivity contribution is 0.104. The summed E-state index contributed by atoms with van der Waals surface area (Å²) in [4.78, 5) is 17.8. The maximum absolute atomic E-state index is 13.9. The number of aromatic nitrogens is 1. The van der Waals surface area contributed by atoms with Gasteiger partial charge in [0.25, 0.3) is 0 Å². The van der Waals surface area contributed by atoms with E-state index in [1.165, 1.54) is 18.2 Å². The summed E-state index contributed by atoms with van der Waals surface area (Å²) in [5.41, 5.74) is 3.96. The van der Waals surface area contributed by atoms with Gasteiger partial charge in [0.2, 0.25) is 0 Å². The van der Waals surface area contributed by atoms with Crippen molar-refractivity contribution in [1.82, 2.24) is 4.98 Å². The molecule has 1 heterocycles. The molecule has 0 bridgehead atoms. The van der Waals surface area contributed by atoms with Crippen molar-refractivity contribution in [1.29, 1.82) is 0 Å². The molecule has 0 unspecified atom stereocenters. The highest BCUT2D eigenvalue weighted by molar-refractivity contribution is 6.30. The van der Waals surface area contributed by atoms with Crippen LogP contribution in [-0.4, -0.2) is 10.8 Å². The highest BCUT2D eigenvalue weighted by Gasteiger charge is 2.19. The summed E-state index contributed by atoms with van der Waals surface area (Å²) >= 11 is 6.06. The Morgan fingerprint density at radius 2 is 1.66 bits per heavy atom. The van der Waals surface area contributed by atoms with Crippen LogP contribution in [0, 0.1) is 12.7 Å². The Morgan fingerprint density at radius 3 is 2.41 bits per heavy atom. The first-order valence-corrected chi connectivity index (χ1v) is 9.54. The van der Waals surface area contributed by atoms with E-state index in [1.807, 2.05) is 43.3 Å². The minimum absolute atomic E-state index is 0.228. The average Bonchev–Trinajstić information content (AvgIpc) is 2.72. The fourth-order valence-electron chi connectivity index (χ4n) is 3.41. The first-order chi connectivity index (χ1) is 14.0. The third kappa shape index (κ3) is 3.82. The maximum atomic E-state index is 13.9. The van der Waals surface area contributed by atoms with E-state index in [0.717, 1.165) is 22.0 Å². The van der Waals surface area contributed by atoms with Gasteiger partial charge < -0.3 is 0 Å². The molecular formula is C25H17ClFNO. The lowest BCUT2D eigenvalue weighted by Crippen LogP contribution is -2.05. The van der Waals surface area contributed by atoms with Gasteiger partial charge >= 0.3 is 0 Å². The van der Waals surface area contributed by atoms with Crippen molar-refractivity contribution in [3.05, 3.63) is 107 Å². The minimum Gasteiger partial charge on any atom is -0.289 e. The molecule has 0 saturated carbocycles. The zero-order valence-corrected chi connectivity index (χ0v) is 16.5. The lowest BCUT2D eigenvalue weighted by Gasteiger charge is -2.14. The Labute approximate surface area is 173 Å². The van der Waals surface area contributed by atoms with Gasteiger partial charge in [0.15, 0.2) is 5.78 Å². The van der Waals surface area contributed by atoms with Crippen LogP contribution >= 0.6 is 11.6 Å². The van der Waals surface area contributed by atoms with Gasteiger partial charge in [0, 0.05) is 27.2 Å². The molecule has 2 nitrogen and oxygen atoms in total. The number of carbonyl (C=O) groups is 1. The summed E-state index contributed by atoms with van der Waals surface area (Å²) < 4.78 is 13.9. The molecule has 0 N–H and O–H groups in total. The van der Waals surface area contributed by atoms with Crippen LogP contribution in [0.4, 0.5) is 4.39 Å². The van der Waals surface area contributed by atoms with Crippen molar-refractivity contribution in [3.8, 4) is 11.1 Å². The molecule has 4 aromatic rings. The molecule has 0 aliphatic rings. The first-order valence-electron chi connectivity index (χ1n) is 9.17. The molecule has 0 aliphatic heterocycles. The predicted molar refractivity (Wildman–Crippen MR) is 117 cm³/mol. The van der Waals surface area contributed by atoms with E-state index in [0.29, 0.717) is 21.8 Å². The summed E-state index contributed by atoms with van der Waals surface area (Å²) in [6.07, 6.45) is 2.90. The van der Waals surface area contributed by atoms with Crippen LogP contribution in [-0.2, 0) is 0 Å². The second-order valence-electron chi connectivity index (χ2n) is 6.69. The second kappa shape index (κ2) is 7.98. The Morgan fingerprint density at radius 1 is 0.966 bits per heavy atom. The van der Waals surface area contributed by atoms with Crippen molar-refractivity contribution >= 4 is 34.4 Å². The van der Waals surface area contributed by atoms with Crippen molar-refractivity contribution in [2.45, 2.75) is 6.92 Å². The van der Waals surface area contributed by atoms with Gasteiger partial charge in [0.1, 0.15) is 5.82 Å². The number of carbonyl (C=O) groups excluding carboxylic acids is 1. The molecule has 4 heteroatoms. The summed E-state index contributed by atoms with van der Waals surface area (Å²) in [5, 5.41) is 1.50. The fraction of sp³-hybridized carbons (Fsp3) is 0.0400. The van der Waals surface area contributed by atoms with Crippen molar-refractivity contribution in [2.75, 3.05) is 0 Å². The van der Waals surface area contributed by atoms with Gasteiger partial charge in [-0.25, -0.2) is 4.39 Å². The minimum atomic E-state index is -0.372. The van der Waals surface area contributed by atoms with E-state index in [2.05, 4.69) is 4.98 Å². The van der Waals surface area contributed by atoms with E-state index < -0.39 is 0 Å². The van der Waals surface area contributed by atoms with Crippen LogP contribution in [0.1, 0.15) is 21.6 Å². The molecule has 29 heavy (non-hydrogen) atoms. The molecule has 0 spiro atoms. The van der Waals surface area contributed by atoms with Crippen LogP contribution < -0.4 is 0 Å². The van der Waals surface area contributed by atoms with Crippen molar-refractivity contribution in [2.24, 2.45) is 0 Å². The number of rotatable bonds is 4. The lowest BCUT2D eigenvalue weighted by atomic mass is 9.92. The smallest absolute Gasteiger partial charge is 0.188 e. The number of fused-ring (bicyclic) bond motifs is 1. The molecular weight excluding hydrogens is 385 g/mol. The number of hydrogen-bond acceptors (Lipinski definition) is 2. The Kier molecular flexibility index (Phi) is 5.24. The average molecular weight is 402 g/mol. The van der Waals surface area contributed by atoms with E-state index in [1.54, 1.807) is 30.3 Å². The third-order valence-corrected chi connectivity index (χ3v) is 5.02. The van der Waals surface area contributed by atoms with Gasteiger partial charge in [-0.3, -0.25) is 9.78 Å². The summed E-state index contributed by atoms with van der Waals surface area (Å²) in [6.45, 7) is 1.82. The zero-order chi connectivity index (χ0) is 20.4. The van der Waals surface area contributed by atoms with Crippen molar-refractivity contribution < 1.29 is 9.18 Å². The number of hydrogen-bond donors (Lipinski definition) is 0. The van der Waals surface area contributed by atoms with Crippen LogP contribution in [0.3, 0.4) is 0 Å². The van der Waals surface area contributed by atoms with Crippen molar-refractivity contribution in [3.63, 3.8) is 0 Å². The van der Waals surface area contributed by atoms with Crippen LogP contribution in [0.15, 0.2) is 78.9 Å². The van der Waals surface area contributed by atoms with Gasteiger partial charge in [0.05, 0.1) is 11.1 Å². The van der Waals surface area contributed by atoms with Gasteiger partial charge in [-0.15, -0.1) is 0 Å². The predicted octanol–water partition coefficient (Wildman–Crippen LogP) is 6.90. The molecule has 0 fully saturated rings. The zero-order valence-electron chi connectivity index (χ0n) is 15.7. The van der Waals surface area contributed by atoms with E-state index >= 15 is 0 Å². The van der Waals surface area contributed by atoms with Gasteiger partial charge in [-0.05, 0) is 48.9 Å². The number of allylic oxidation sites excluding steroid dienone is 1. The number of benzene rings is 3. The van der Waals surface area contributed by atoms with Gasteiger partial charge in [-0.1, -0.05) is 60.1 Å². The molecule has 3 aromatic carbocycles. The Hall–Kier alpha value is -3.30. The number of aryl methyl sites for hydroxylation is 1. The Bertz CT molecular complexity index is 1250. The van der Waals surface area contributed by atoms with E-state index in [9.17, 15) is 9.18 Å². The first kappa shape index (κ1) is 19.0. The largest absolute Gasteiger partial charge is 0.289 e. The quantitative estimate of drug-likeness (QED) is 0.275. The molecule has 0 radical (unpaired) electrons. The van der Waals surface area contributed by atoms with Gasteiger partial charge in [-0.2, -0.15) is 0 Å². The third-order valence-electron chi connectivity index (χ3n) is 4.77. The normalized spacial score (nSPS) is 11.3. The standard InChI is InChI=1S/C25H17ClFNO/c1-16-24(23(29)15-12-17-6-2-4-8-21(17)27)25(18-10-13-19(26)14-11-18)20-7-3-5-9-22(20)28-16/h2-15H,1H3. The molecule has 142 valence electrons. The van der Waals surface area contributed by atoms with Crippen LogP contribution in [0.2, 0.25) is 5.02 Å². The number of nitrogens with zero attached hydrogens (tertiary/aromatic N) is 1. The van der Waals surface area contributed by atoms with E-state index in [4.69, 9.17) is 11.6 Å². The summed E-state index contributed by atoms with van der Waals surface area (Å²) in [7, 11) is 0. The van der Waals surface area contributed by atoms with Crippen LogP contribution in [0.25, 0.3) is 28.1 Å². The highest BCUT2D eigenvalue weighted by Crippen LogP contribution is 2.34. The number of ketones is 1. The fourth-order valence-corrected chi connectivity index (χ4v) is 3.54. The number of halogens is 2. The molecule has 0 saturated heterocycles. The summed E-state index contributed by atoms with van der Waals surface area (Å²) in [5.74, 6) is -0.600. The number of pyridine rings is 1. The van der Waals surface area contributed by atoms with E-state index in [-0.39, 0.29) is 11.6 Å². The topological polar surface area (TPSA) is 30.0 Å². The number of para-hydroxylation sites is 1. The highest BCUT2D eigenvalue weighted by atomic mass is 35.5. The second-order valence-corrected chi connectivity index (χ2v) is 7.13. The summed E-state index contributed by atoms with van der Waals surface area (Å²) in [6, 6.07) is 21.4. The SMILES string of the molecule is Cc1nc2ccccc2c(-c2ccc(Cl)cc2)c1C(=O)C=Cc1ccccc1F. The van der Waals surface area contributed by atoms with Crippen LogP contribution in [0.5, 0.6) is 0 Å². The molecule has 0 aliphatic carbocycles. The molecule has 1 aromatic heterocycles.